The Hall–Kier alpha value is -1.12. The number of hydrogen-bond donors (Lipinski definition) is 0. The van der Waals surface area contributed by atoms with E-state index in [2.05, 4.69) is 11.3 Å². The summed E-state index contributed by atoms with van der Waals surface area (Å²) in [5.74, 6) is -0.196. The first-order valence-electron chi connectivity index (χ1n) is 3.82. The van der Waals surface area contributed by atoms with Gasteiger partial charge >= 0.3 is 5.97 Å². The quantitative estimate of drug-likeness (QED) is 0.463. The van der Waals surface area contributed by atoms with Gasteiger partial charge < -0.3 is 9.53 Å². The first-order chi connectivity index (χ1) is 5.52. The van der Waals surface area contributed by atoms with Crippen molar-refractivity contribution >= 4 is 11.8 Å². The predicted octanol–water partition coefficient (Wildman–Crippen LogP) is 1.47. The fraction of sp³-hybridized carbons (Fsp3) is 0.556. The molecular formula is C9H14O3. The molecule has 0 aliphatic carbocycles. The molecule has 0 aromatic rings. The number of carbonyl (C=O) groups is 2. The van der Waals surface area contributed by atoms with Gasteiger partial charge in [-0.1, -0.05) is 6.58 Å². The molecule has 0 heterocycles. The Kier molecular flexibility index (Phi) is 5.00. The Morgan fingerprint density at radius 1 is 1.25 bits per heavy atom. The molecule has 68 valence electrons. The third-order valence-corrected chi connectivity index (χ3v) is 1.31. The molecule has 3 nitrogen and oxygen atoms in total. The minimum atomic E-state index is -0.320. The number of carbonyl (C=O) groups excluding carboxylic acids is 2. The summed E-state index contributed by atoms with van der Waals surface area (Å²) in [7, 11) is 0. The van der Waals surface area contributed by atoms with Crippen molar-refractivity contribution in [3.8, 4) is 0 Å². The highest BCUT2D eigenvalue weighted by Crippen LogP contribution is 2.03. The molecule has 0 bridgehead atoms. The second kappa shape index (κ2) is 5.52. The molecular weight excluding hydrogens is 156 g/mol. The van der Waals surface area contributed by atoms with Gasteiger partial charge in [0, 0.05) is 13.3 Å². The first kappa shape index (κ1) is 10.9. The van der Waals surface area contributed by atoms with Crippen molar-refractivity contribution in [2.24, 2.45) is 0 Å². The standard InChI is InChI=1S/C9H14O3/c1-7(4-5-8(2)10)6-12-9(3)11/h1,4-6H2,2-3H3. The van der Waals surface area contributed by atoms with Gasteiger partial charge in [-0.25, -0.2) is 0 Å². The van der Waals surface area contributed by atoms with Gasteiger partial charge in [-0.15, -0.1) is 0 Å². The lowest BCUT2D eigenvalue weighted by Crippen LogP contribution is -2.03. The molecule has 12 heavy (non-hydrogen) atoms. The Bertz CT molecular complexity index is 174. The normalized spacial score (nSPS) is 9.17. The molecule has 0 unspecified atom stereocenters. The van der Waals surface area contributed by atoms with Crippen molar-refractivity contribution in [2.45, 2.75) is 26.7 Å². The lowest BCUT2D eigenvalue weighted by molar-refractivity contribution is -0.140. The van der Waals surface area contributed by atoms with Crippen LogP contribution in [0.2, 0.25) is 0 Å². The summed E-state index contributed by atoms with van der Waals surface area (Å²) in [6.45, 7) is 6.77. The maximum atomic E-state index is 10.5. The number of rotatable bonds is 5. The van der Waals surface area contributed by atoms with Crippen LogP contribution in [0.1, 0.15) is 26.7 Å². The fourth-order valence-corrected chi connectivity index (χ4v) is 0.629. The molecule has 0 radical (unpaired) electrons. The minimum Gasteiger partial charge on any atom is -0.461 e. The van der Waals surface area contributed by atoms with Crippen LogP contribution >= 0.6 is 0 Å². The topological polar surface area (TPSA) is 43.4 Å². The molecule has 0 N–H and O–H groups in total. The van der Waals surface area contributed by atoms with E-state index in [1.807, 2.05) is 0 Å². The van der Waals surface area contributed by atoms with Crippen LogP contribution in [0.25, 0.3) is 0 Å². The first-order valence-corrected chi connectivity index (χ1v) is 3.82. The summed E-state index contributed by atoms with van der Waals surface area (Å²) in [5.41, 5.74) is 0.778. The van der Waals surface area contributed by atoms with Gasteiger partial charge in [-0.2, -0.15) is 0 Å². The second-order valence-electron chi connectivity index (χ2n) is 2.73. The number of ketones is 1. The molecule has 0 spiro atoms. The monoisotopic (exact) mass is 170 g/mol. The lowest BCUT2D eigenvalue weighted by atomic mass is 10.1. The van der Waals surface area contributed by atoms with Crippen LogP contribution in [0, 0.1) is 0 Å². The van der Waals surface area contributed by atoms with Crippen molar-refractivity contribution < 1.29 is 14.3 Å². The summed E-state index contributed by atoms with van der Waals surface area (Å²) >= 11 is 0. The highest BCUT2D eigenvalue weighted by atomic mass is 16.5. The molecule has 0 aromatic carbocycles. The van der Waals surface area contributed by atoms with E-state index in [0.717, 1.165) is 5.57 Å². The van der Waals surface area contributed by atoms with Crippen LogP contribution in [0.15, 0.2) is 12.2 Å². The SMILES string of the molecule is C=C(CCC(C)=O)COC(C)=O. The van der Waals surface area contributed by atoms with Gasteiger partial charge in [-0.05, 0) is 18.9 Å². The molecule has 0 aliphatic rings. The van der Waals surface area contributed by atoms with Crippen LogP contribution in [0.4, 0.5) is 0 Å². The summed E-state index contributed by atoms with van der Waals surface area (Å²) in [6, 6.07) is 0. The third kappa shape index (κ3) is 6.99. The molecule has 0 saturated carbocycles. The molecule has 0 saturated heterocycles. The molecule has 0 aromatic heterocycles. The van der Waals surface area contributed by atoms with Crippen LogP contribution < -0.4 is 0 Å². The number of Topliss-reactive ketones (excluding diaryl/α,β-unsaturated/α-hetero) is 1. The summed E-state index contributed by atoms with van der Waals surface area (Å²) in [4.78, 5) is 20.9. The Morgan fingerprint density at radius 3 is 2.25 bits per heavy atom. The summed E-state index contributed by atoms with van der Waals surface area (Å²) in [5, 5.41) is 0. The zero-order chi connectivity index (χ0) is 9.56. The van der Waals surface area contributed by atoms with Crippen LogP contribution in [-0.4, -0.2) is 18.4 Å². The fourth-order valence-electron chi connectivity index (χ4n) is 0.629. The Labute approximate surface area is 72.4 Å². The minimum absolute atomic E-state index is 0.124. The molecule has 3 heteroatoms. The molecule has 0 amide bonds. The number of hydrogen-bond acceptors (Lipinski definition) is 3. The lowest BCUT2D eigenvalue weighted by Gasteiger charge is -2.03. The number of ether oxygens (including phenoxy) is 1. The average molecular weight is 170 g/mol. The van der Waals surface area contributed by atoms with Gasteiger partial charge in [-0.3, -0.25) is 4.79 Å². The zero-order valence-corrected chi connectivity index (χ0v) is 7.55. The van der Waals surface area contributed by atoms with E-state index in [1.165, 1.54) is 13.8 Å². The van der Waals surface area contributed by atoms with E-state index in [0.29, 0.717) is 12.8 Å². The highest BCUT2D eigenvalue weighted by Gasteiger charge is 1.99. The van der Waals surface area contributed by atoms with Gasteiger partial charge in [0.25, 0.3) is 0 Å². The van der Waals surface area contributed by atoms with E-state index in [9.17, 15) is 9.59 Å². The van der Waals surface area contributed by atoms with E-state index >= 15 is 0 Å². The van der Waals surface area contributed by atoms with Crippen LogP contribution in [-0.2, 0) is 14.3 Å². The van der Waals surface area contributed by atoms with Gasteiger partial charge in [0.2, 0.25) is 0 Å². The zero-order valence-electron chi connectivity index (χ0n) is 7.55. The van der Waals surface area contributed by atoms with E-state index in [4.69, 9.17) is 0 Å². The summed E-state index contributed by atoms with van der Waals surface area (Å²) in [6.07, 6.45) is 1.07. The van der Waals surface area contributed by atoms with Gasteiger partial charge in [0.05, 0.1) is 0 Å². The van der Waals surface area contributed by atoms with Crippen molar-refractivity contribution in [1.29, 1.82) is 0 Å². The second-order valence-corrected chi connectivity index (χ2v) is 2.73. The Balaban J connectivity index is 3.47. The number of esters is 1. The van der Waals surface area contributed by atoms with Crippen LogP contribution in [0.5, 0.6) is 0 Å². The molecule has 0 rings (SSSR count). The van der Waals surface area contributed by atoms with Crippen molar-refractivity contribution in [2.75, 3.05) is 6.61 Å². The smallest absolute Gasteiger partial charge is 0.302 e. The van der Waals surface area contributed by atoms with E-state index in [-0.39, 0.29) is 18.4 Å². The third-order valence-electron chi connectivity index (χ3n) is 1.31. The maximum absolute atomic E-state index is 10.5. The van der Waals surface area contributed by atoms with E-state index in [1.54, 1.807) is 0 Å². The molecule has 0 fully saturated rings. The largest absolute Gasteiger partial charge is 0.461 e. The molecule has 0 atom stereocenters. The van der Waals surface area contributed by atoms with E-state index < -0.39 is 0 Å². The Morgan fingerprint density at radius 2 is 1.83 bits per heavy atom. The van der Waals surface area contributed by atoms with Crippen molar-refractivity contribution in [3.63, 3.8) is 0 Å². The van der Waals surface area contributed by atoms with Crippen LogP contribution in [0.3, 0.4) is 0 Å². The van der Waals surface area contributed by atoms with Gasteiger partial charge in [0.15, 0.2) is 0 Å². The summed E-state index contributed by atoms with van der Waals surface area (Å²) < 4.78 is 4.69. The van der Waals surface area contributed by atoms with Crippen molar-refractivity contribution in [1.82, 2.24) is 0 Å². The van der Waals surface area contributed by atoms with Crippen molar-refractivity contribution in [3.05, 3.63) is 12.2 Å². The maximum Gasteiger partial charge on any atom is 0.302 e. The molecule has 0 aliphatic heterocycles. The average Bonchev–Trinajstić information content (AvgIpc) is 1.96. The van der Waals surface area contributed by atoms with Gasteiger partial charge in [0.1, 0.15) is 12.4 Å². The predicted molar refractivity (Wildman–Crippen MR) is 45.7 cm³/mol. The highest BCUT2D eigenvalue weighted by molar-refractivity contribution is 5.75.